The number of carbonyl (C=O) groups excluding carboxylic acids is 1. The third-order valence-corrected chi connectivity index (χ3v) is 4.77. The van der Waals surface area contributed by atoms with E-state index < -0.39 is 0 Å². The van der Waals surface area contributed by atoms with Gasteiger partial charge in [0, 0.05) is 19.1 Å². The van der Waals surface area contributed by atoms with E-state index in [9.17, 15) is 9.90 Å². The van der Waals surface area contributed by atoms with Gasteiger partial charge in [-0.3, -0.25) is 0 Å². The normalized spacial score (nSPS) is 18.5. The van der Waals surface area contributed by atoms with Crippen molar-refractivity contribution < 1.29 is 14.4 Å². The molecule has 1 aromatic heterocycles. The van der Waals surface area contributed by atoms with Gasteiger partial charge in [-0.25, -0.2) is 4.79 Å². The molecule has 1 aromatic carbocycles. The zero-order chi connectivity index (χ0) is 18.5. The second kappa shape index (κ2) is 8.21. The van der Waals surface area contributed by atoms with Crippen molar-refractivity contribution in [2.24, 2.45) is 0 Å². The molecule has 0 aliphatic carbocycles. The highest BCUT2D eigenvalue weighted by Gasteiger charge is 2.28. The van der Waals surface area contributed by atoms with E-state index in [0.717, 1.165) is 37.8 Å². The monoisotopic (exact) mass is 358 g/mol. The molecular weight excluding hydrogens is 332 g/mol. The van der Waals surface area contributed by atoms with E-state index in [4.69, 9.17) is 4.52 Å². The lowest BCUT2D eigenvalue weighted by Crippen LogP contribution is -2.47. The fourth-order valence-corrected chi connectivity index (χ4v) is 3.26. The van der Waals surface area contributed by atoms with Crippen molar-refractivity contribution in [1.29, 1.82) is 0 Å². The third kappa shape index (κ3) is 4.74. The molecule has 2 aromatic rings. The predicted octanol–water partition coefficient (Wildman–Crippen LogP) is 2.99. The summed E-state index contributed by atoms with van der Waals surface area (Å²) in [7, 11) is 0. The molecule has 0 saturated carbocycles. The molecule has 0 spiro atoms. The Morgan fingerprint density at radius 3 is 2.88 bits per heavy atom. The molecule has 3 rings (SSSR count). The first-order chi connectivity index (χ1) is 12.5. The van der Waals surface area contributed by atoms with Crippen LogP contribution in [0.25, 0.3) is 0 Å². The molecule has 7 heteroatoms. The van der Waals surface area contributed by atoms with Gasteiger partial charge in [-0.05, 0) is 57.2 Å². The summed E-state index contributed by atoms with van der Waals surface area (Å²) >= 11 is 0. The molecule has 2 amide bonds. The van der Waals surface area contributed by atoms with E-state index in [1.165, 1.54) is 0 Å². The van der Waals surface area contributed by atoms with E-state index in [-0.39, 0.29) is 23.7 Å². The number of amides is 2. The molecule has 140 valence electrons. The Morgan fingerprint density at radius 1 is 1.42 bits per heavy atom. The van der Waals surface area contributed by atoms with Crippen LogP contribution in [-0.2, 0) is 6.42 Å². The lowest BCUT2D eigenvalue weighted by Gasteiger charge is -2.32. The van der Waals surface area contributed by atoms with Gasteiger partial charge in [-0.2, -0.15) is 4.98 Å². The molecule has 7 nitrogen and oxygen atoms in total. The smallest absolute Gasteiger partial charge is 0.317 e. The van der Waals surface area contributed by atoms with Crippen LogP contribution in [0.1, 0.15) is 49.4 Å². The van der Waals surface area contributed by atoms with Crippen molar-refractivity contribution in [3.63, 3.8) is 0 Å². The molecule has 2 unspecified atom stereocenters. The van der Waals surface area contributed by atoms with Gasteiger partial charge in [0.15, 0.2) is 5.82 Å². The average Bonchev–Trinajstić information content (AvgIpc) is 3.08. The predicted molar refractivity (Wildman–Crippen MR) is 97.0 cm³/mol. The number of rotatable bonds is 5. The lowest BCUT2D eigenvalue weighted by atomic mass is 9.98. The number of urea groups is 1. The highest BCUT2D eigenvalue weighted by molar-refractivity contribution is 5.74. The highest BCUT2D eigenvalue weighted by atomic mass is 16.5. The number of hydrogen-bond acceptors (Lipinski definition) is 5. The van der Waals surface area contributed by atoms with Crippen LogP contribution in [0.3, 0.4) is 0 Å². The summed E-state index contributed by atoms with van der Waals surface area (Å²) in [6.07, 6.45) is 3.59. The summed E-state index contributed by atoms with van der Waals surface area (Å²) in [4.78, 5) is 18.7. The minimum absolute atomic E-state index is 0.0378. The Balaban J connectivity index is 1.48. The Kier molecular flexibility index (Phi) is 5.75. The van der Waals surface area contributed by atoms with Crippen LogP contribution in [0.5, 0.6) is 5.75 Å². The Morgan fingerprint density at radius 2 is 2.19 bits per heavy atom. The fraction of sp³-hybridized carbons (Fsp3) is 0.526. The van der Waals surface area contributed by atoms with Crippen LogP contribution >= 0.6 is 0 Å². The second-order valence-electron chi connectivity index (χ2n) is 7.02. The number of nitrogens with zero attached hydrogens (tertiary/aromatic N) is 3. The summed E-state index contributed by atoms with van der Waals surface area (Å²) in [5.41, 5.74) is 1.15. The van der Waals surface area contributed by atoms with Crippen molar-refractivity contribution in [2.75, 3.05) is 13.1 Å². The van der Waals surface area contributed by atoms with Crippen molar-refractivity contribution in [1.82, 2.24) is 20.4 Å². The first-order valence-corrected chi connectivity index (χ1v) is 9.15. The molecule has 2 atom stereocenters. The molecular formula is C19H26N4O3. The minimum Gasteiger partial charge on any atom is -0.508 e. The van der Waals surface area contributed by atoms with Crippen molar-refractivity contribution >= 4 is 6.03 Å². The van der Waals surface area contributed by atoms with Crippen LogP contribution in [0.15, 0.2) is 28.8 Å². The third-order valence-electron chi connectivity index (χ3n) is 4.77. The highest BCUT2D eigenvalue weighted by Crippen LogP contribution is 2.25. The van der Waals surface area contributed by atoms with E-state index in [0.29, 0.717) is 18.3 Å². The lowest BCUT2D eigenvalue weighted by molar-refractivity contribution is 0.169. The molecule has 0 bridgehead atoms. The first kappa shape index (κ1) is 18.2. The number of aryl methyl sites for hydroxylation is 2. The van der Waals surface area contributed by atoms with Gasteiger partial charge in [0.25, 0.3) is 0 Å². The number of hydrogen-bond donors (Lipinski definition) is 2. The van der Waals surface area contributed by atoms with E-state index in [1.54, 1.807) is 19.1 Å². The zero-order valence-electron chi connectivity index (χ0n) is 15.3. The van der Waals surface area contributed by atoms with Gasteiger partial charge < -0.3 is 19.8 Å². The van der Waals surface area contributed by atoms with E-state index in [2.05, 4.69) is 15.5 Å². The van der Waals surface area contributed by atoms with Crippen molar-refractivity contribution in [2.45, 2.75) is 51.5 Å². The molecule has 1 fully saturated rings. The minimum atomic E-state index is -0.0378. The summed E-state index contributed by atoms with van der Waals surface area (Å²) in [6, 6.07) is 7.22. The van der Waals surface area contributed by atoms with Crippen molar-refractivity contribution in [3.05, 3.63) is 41.5 Å². The number of nitrogens with one attached hydrogen (secondary N) is 1. The van der Waals surface area contributed by atoms with Gasteiger partial charge in [0.1, 0.15) is 5.75 Å². The van der Waals surface area contributed by atoms with Gasteiger partial charge in [0.2, 0.25) is 5.89 Å². The molecule has 2 N–H and O–H groups in total. The molecule has 1 aliphatic heterocycles. The standard InChI is InChI=1S/C19H26N4O3/c1-13(5-6-15-7-9-17(24)10-8-15)20-19(25)23-11-3-4-16(12-23)18-21-14(2)22-26-18/h7-10,13,16,24H,3-6,11-12H2,1-2H3,(H,20,25). The van der Waals surface area contributed by atoms with Crippen molar-refractivity contribution in [3.8, 4) is 5.75 Å². The van der Waals surface area contributed by atoms with Crippen LogP contribution < -0.4 is 5.32 Å². The maximum Gasteiger partial charge on any atom is 0.317 e. The summed E-state index contributed by atoms with van der Waals surface area (Å²) in [6.45, 7) is 5.18. The topological polar surface area (TPSA) is 91.5 Å². The molecule has 1 saturated heterocycles. The van der Waals surface area contributed by atoms with Gasteiger partial charge in [-0.15, -0.1) is 0 Å². The van der Waals surface area contributed by atoms with Gasteiger partial charge in [0.05, 0.1) is 5.92 Å². The van der Waals surface area contributed by atoms with Gasteiger partial charge >= 0.3 is 6.03 Å². The number of likely N-dealkylation sites (tertiary alicyclic amines) is 1. The average molecular weight is 358 g/mol. The fourth-order valence-electron chi connectivity index (χ4n) is 3.26. The maximum absolute atomic E-state index is 12.6. The van der Waals surface area contributed by atoms with Gasteiger partial charge in [-0.1, -0.05) is 17.3 Å². The van der Waals surface area contributed by atoms with E-state index in [1.807, 2.05) is 24.0 Å². The quantitative estimate of drug-likeness (QED) is 0.857. The number of aromatic nitrogens is 2. The first-order valence-electron chi connectivity index (χ1n) is 9.15. The zero-order valence-corrected chi connectivity index (χ0v) is 15.3. The molecule has 2 heterocycles. The molecule has 26 heavy (non-hydrogen) atoms. The SMILES string of the molecule is Cc1noc(C2CCCN(C(=O)NC(C)CCc3ccc(O)cc3)C2)n1. The number of aromatic hydroxyl groups is 1. The van der Waals surface area contributed by atoms with Crippen LogP contribution in [0.4, 0.5) is 4.79 Å². The Bertz CT molecular complexity index is 729. The molecule has 0 radical (unpaired) electrons. The Hall–Kier alpha value is -2.57. The number of phenolic OH excluding ortho intramolecular Hbond substituents is 1. The van der Waals surface area contributed by atoms with Crippen LogP contribution in [-0.4, -0.2) is 45.3 Å². The number of piperidine rings is 1. The number of carbonyl (C=O) groups is 1. The van der Waals surface area contributed by atoms with E-state index >= 15 is 0 Å². The second-order valence-corrected chi connectivity index (χ2v) is 7.02. The van der Waals surface area contributed by atoms with Crippen LogP contribution in [0, 0.1) is 6.92 Å². The number of phenols is 1. The number of benzene rings is 1. The molecule has 1 aliphatic rings. The van der Waals surface area contributed by atoms with Crippen LogP contribution in [0.2, 0.25) is 0 Å². The summed E-state index contributed by atoms with van der Waals surface area (Å²) in [5.74, 6) is 1.64. The maximum atomic E-state index is 12.6. The summed E-state index contributed by atoms with van der Waals surface area (Å²) < 4.78 is 5.27. The Labute approximate surface area is 153 Å². The largest absolute Gasteiger partial charge is 0.508 e. The summed E-state index contributed by atoms with van der Waals surface area (Å²) in [5, 5.41) is 16.3.